The van der Waals surface area contributed by atoms with Crippen molar-refractivity contribution in [3.63, 3.8) is 0 Å². The summed E-state index contributed by atoms with van der Waals surface area (Å²) in [7, 11) is 0. The number of nitrogens with one attached hydrogen (secondary N) is 1. The zero-order chi connectivity index (χ0) is 8.10. The van der Waals surface area contributed by atoms with Crippen LogP contribution in [-0.4, -0.2) is 35.1 Å². The third kappa shape index (κ3) is 3.68. The van der Waals surface area contributed by atoms with E-state index in [9.17, 15) is 0 Å². The molecule has 1 aliphatic heterocycles. The minimum atomic E-state index is 0.816. The molecule has 1 fully saturated rings. The largest absolute Gasteiger partial charge is 0.330 e. The van der Waals surface area contributed by atoms with Crippen molar-refractivity contribution in [1.29, 1.82) is 0 Å². The summed E-state index contributed by atoms with van der Waals surface area (Å²) < 4.78 is 0.856. The Morgan fingerprint density at radius 1 is 1.45 bits per heavy atom. The van der Waals surface area contributed by atoms with Crippen LogP contribution in [0.2, 0.25) is 0 Å². The van der Waals surface area contributed by atoms with Crippen LogP contribution in [0.5, 0.6) is 0 Å². The average molecular weight is 269 g/mol. The third-order valence-corrected chi connectivity index (χ3v) is 2.59. The Balaban J connectivity index is 1.81. The summed E-state index contributed by atoms with van der Waals surface area (Å²) in [6.07, 6.45) is 2.33. The molecule has 0 aromatic rings. The average Bonchev–Trinajstić information content (AvgIpc) is 1.94. The molecule has 0 unspecified atom stereocenters. The first-order chi connectivity index (χ1) is 5.33. The first-order valence-electron chi connectivity index (χ1n) is 4.15. The topological polar surface area (TPSA) is 41.3 Å². The molecule has 3 nitrogen and oxygen atoms in total. The molecule has 4 heteroatoms. The number of hydrazine groups is 1. The Labute approximate surface area is 81.8 Å². The summed E-state index contributed by atoms with van der Waals surface area (Å²) in [5.41, 5.74) is 8.73. The van der Waals surface area contributed by atoms with Crippen molar-refractivity contribution >= 4 is 22.6 Å². The Bertz CT molecular complexity index is 104. The number of hydrogen-bond acceptors (Lipinski definition) is 3. The number of nitrogens with zero attached hydrogens (tertiary/aromatic N) is 1. The van der Waals surface area contributed by atoms with Gasteiger partial charge >= 0.3 is 0 Å². The Morgan fingerprint density at radius 2 is 2.18 bits per heavy atom. The van der Waals surface area contributed by atoms with Crippen molar-refractivity contribution in [2.24, 2.45) is 5.73 Å². The second-order valence-electron chi connectivity index (χ2n) is 2.91. The summed E-state index contributed by atoms with van der Waals surface area (Å²) in [5, 5.41) is 2.27. The van der Waals surface area contributed by atoms with Crippen molar-refractivity contribution in [3.05, 3.63) is 0 Å². The monoisotopic (exact) mass is 269 g/mol. The maximum atomic E-state index is 5.37. The Hall–Kier alpha value is 0.610. The molecule has 0 aromatic heterocycles. The van der Waals surface area contributed by atoms with E-state index < -0.39 is 0 Å². The number of halogens is 1. The highest BCUT2D eigenvalue weighted by Crippen LogP contribution is 2.13. The Morgan fingerprint density at radius 3 is 2.73 bits per heavy atom. The summed E-state index contributed by atoms with van der Waals surface area (Å²) in [5.74, 6) is 0. The standard InChI is InChI=1S/C7H16IN3/c8-7-5-11(6-7)10-4-2-1-3-9/h7,10H,1-6,9H2. The molecule has 0 bridgehead atoms. The Kier molecular flexibility index (Phi) is 4.66. The molecule has 0 radical (unpaired) electrons. The van der Waals surface area contributed by atoms with E-state index >= 15 is 0 Å². The van der Waals surface area contributed by atoms with Gasteiger partial charge in [0.25, 0.3) is 0 Å². The van der Waals surface area contributed by atoms with E-state index in [2.05, 4.69) is 33.0 Å². The molecular formula is C7H16IN3. The number of rotatable bonds is 5. The van der Waals surface area contributed by atoms with Crippen LogP contribution in [-0.2, 0) is 0 Å². The fraction of sp³-hybridized carbons (Fsp3) is 1.00. The fourth-order valence-corrected chi connectivity index (χ4v) is 2.01. The molecule has 0 spiro atoms. The molecule has 1 rings (SSSR count). The summed E-state index contributed by atoms with van der Waals surface area (Å²) >= 11 is 2.48. The van der Waals surface area contributed by atoms with Gasteiger partial charge in [-0.1, -0.05) is 22.6 Å². The molecule has 1 heterocycles. The van der Waals surface area contributed by atoms with E-state index in [0.29, 0.717) is 0 Å². The van der Waals surface area contributed by atoms with Crippen LogP contribution in [0.25, 0.3) is 0 Å². The summed E-state index contributed by atoms with van der Waals surface area (Å²) in [6, 6.07) is 0. The van der Waals surface area contributed by atoms with Gasteiger partial charge in [-0.15, -0.1) is 0 Å². The second kappa shape index (κ2) is 5.29. The normalized spacial score (nSPS) is 20.2. The second-order valence-corrected chi connectivity index (χ2v) is 4.67. The van der Waals surface area contributed by atoms with Gasteiger partial charge in [0.15, 0.2) is 0 Å². The molecule has 1 saturated heterocycles. The fourth-order valence-electron chi connectivity index (χ4n) is 1.06. The van der Waals surface area contributed by atoms with Gasteiger partial charge in [0.2, 0.25) is 0 Å². The molecular weight excluding hydrogens is 253 g/mol. The van der Waals surface area contributed by atoms with E-state index in [1.54, 1.807) is 0 Å². The lowest BCUT2D eigenvalue weighted by atomic mass is 10.3. The molecule has 0 atom stereocenters. The zero-order valence-corrected chi connectivity index (χ0v) is 8.88. The molecule has 3 N–H and O–H groups in total. The summed E-state index contributed by atoms with van der Waals surface area (Å²) in [4.78, 5) is 0. The van der Waals surface area contributed by atoms with Crippen molar-refractivity contribution in [2.45, 2.75) is 16.8 Å². The van der Waals surface area contributed by atoms with Gasteiger partial charge in [0.1, 0.15) is 0 Å². The predicted molar refractivity (Wildman–Crippen MR) is 55.7 cm³/mol. The molecule has 0 amide bonds. The predicted octanol–water partition coefficient (Wildman–Crippen LogP) is 0.349. The first-order valence-corrected chi connectivity index (χ1v) is 5.40. The minimum Gasteiger partial charge on any atom is -0.330 e. The highest BCUT2D eigenvalue weighted by molar-refractivity contribution is 14.1. The maximum Gasteiger partial charge on any atom is 0.0392 e. The molecule has 0 aliphatic carbocycles. The molecule has 0 aromatic carbocycles. The quantitative estimate of drug-likeness (QED) is 0.430. The third-order valence-electron chi connectivity index (χ3n) is 1.80. The van der Waals surface area contributed by atoms with Crippen LogP contribution < -0.4 is 11.2 Å². The molecule has 1 aliphatic rings. The van der Waals surface area contributed by atoms with E-state index in [4.69, 9.17) is 5.73 Å². The molecule has 0 saturated carbocycles. The first kappa shape index (κ1) is 9.70. The van der Waals surface area contributed by atoms with Crippen LogP contribution in [0.4, 0.5) is 0 Å². The molecule has 66 valence electrons. The number of unbranched alkanes of at least 4 members (excludes halogenated alkanes) is 1. The minimum absolute atomic E-state index is 0.816. The van der Waals surface area contributed by atoms with Gasteiger partial charge in [-0.25, -0.2) is 5.01 Å². The summed E-state index contributed by atoms with van der Waals surface area (Å²) in [6.45, 7) is 4.30. The van der Waals surface area contributed by atoms with E-state index in [1.807, 2.05) is 0 Å². The van der Waals surface area contributed by atoms with Crippen LogP contribution in [0.15, 0.2) is 0 Å². The van der Waals surface area contributed by atoms with Crippen molar-refractivity contribution < 1.29 is 0 Å². The van der Waals surface area contributed by atoms with Crippen molar-refractivity contribution in [1.82, 2.24) is 10.4 Å². The maximum absolute atomic E-state index is 5.37. The number of nitrogens with two attached hydrogens (primary N) is 1. The van der Waals surface area contributed by atoms with Crippen LogP contribution in [0.1, 0.15) is 12.8 Å². The highest BCUT2D eigenvalue weighted by Gasteiger charge is 2.22. The van der Waals surface area contributed by atoms with Gasteiger partial charge in [-0.3, -0.25) is 5.43 Å². The number of alkyl halides is 1. The van der Waals surface area contributed by atoms with Gasteiger partial charge in [0, 0.05) is 23.6 Å². The van der Waals surface area contributed by atoms with E-state index in [0.717, 1.165) is 23.4 Å². The van der Waals surface area contributed by atoms with Gasteiger partial charge in [-0.05, 0) is 19.4 Å². The molecule has 11 heavy (non-hydrogen) atoms. The highest BCUT2D eigenvalue weighted by atomic mass is 127. The SMILES string of the molecule is NCCCCNN1CC(I)C1. The number of hydrogen-bond donors (Lipinski definition) is 2. The van der Waals surface area contributed by atoms with Gasteiger partial charge < -0.3 is 5.73 Å². The lowest BCUT2D eigenvalue weighted by Gasteiger charge is -2.36. The van der Waals surface area contributed by atoms with Gasteiger partial charge in [-0.2, -0.15) is 0 Å². The van der Waals surface area contributed by atoms with Gasteiger partial charge in [0.05, 0.1) is 0 Å². The smallest absolute Gasteiger partial charge is 0.0392 e. The zero-order valence-electron chi connectivity index (χ0n) is 6.72. The van der Waals surface area contributed by atoms with Crippen molar-refractivity contribution in [2.75, 3.05) is 26.2 Å². The lowest BCUT2D eigenvalue weighted by molar-refractivity contribution is 0.121. The van der Waals surface area contributed by atoms with E-state index in [-0.39, 0.29) is 0 Å². The van der Waals surface area contributed by atoms with E-state index in [1.165, 1.54) is 19.5 Å². The van der Waals surface area contributed by atoms with Crippen LogP contribution >= 0.6 is 22.6 Å². The van der Waals surface area contributed by atoms with Crippen LogP contribution in [0, 0.1) is 0 Å². The van der Waals surface area contributed by atoms with Crippen molar-refractivity contribution in [3.8, 4) is 0 Å². The lowest BCUT2D eigenvalue weighted by Crippen LogP contribution is -2.54. The van der Waals surface area contributed by atoms with Crippen LogP contribution in [0.3, 0.4) is 0 Å².